The average Bonchev–Trinajstić information content (AvgIpc) is 2.80. The molecule has 0 aliphatic rings. The lowest BCUT2D eigenvalue weighted by Gasteiger charge is -2.04. The average molecular weight is 319 g/mol. The summed E-state index contributed by atoms with van der Waals surface area (Å²) in [6, 6.07) is 2.56. The summed E-state index contributed by atoms with van der Waals surface area (Å²) in [5.74, 6) is -1.97. The van der Waals surface area contributed by atoms with E-state index in [9.17, 15) is 9.18 Å². The molecule has 106 valence electrons. The number of halogens is 3. The van der Waals surface area contributed by atoms with E-state index in [1.165, 1.54) is 23.0 Å². The number of aromatic nitrogens is 2. The van der Waals surface area contributed by atoms with Gasteiger partial charge in [-0.2, -0.15) is 5.10 Å². The summed E-state index contributed by atoms with van der Waals surface area (Å²) in [7, 11) is 0. The van der Waals surface area contributed by atoms with E-state index in [0.29, 0.717) is 11.3 Å². The van der Waals surface area contributed by atoms with Crippen LogP contribution < -0.4 is 0 Å². The molecular weight excluding hydrogens is 310 g/mol. The molecule has 20 heavy (non-hydrogen) atoms. The second kappa shape index (κ2) is 5.78. The van der Waals surface area contributed by atoms with Gasteiger partial charge in [0, 0.05) is 18.4 Å². The van der Waals surface area contributed by atoms with Crippen molar-refractivity contribution in [3.63, 3.8) is 0 Å². The minimum Gasteiger partial charge on any atom is -0.476 e. The van der Waals surface area contributed by atoms with Crippen LogP contribution >= 0.6 is 23.2 Å². The number of hydrogen-bond acceptors (Lipinski definition) is 3. The van der Waals surface area contributed by atoms with Crippen molar-refractivity contribution in [1.29, 1.82) is 0 Å². The predicted octanol–water partition coefficient (Wildman–Crippen LogP) is 2.55. The number of carbonyl (C=O) groups is 1. The Morgan fingerprint density at radius 3 is 2.45 bits per heavy atom. The van der Waals surface area contributed by atoms with Crippen LogP contribution in [0.1, 0.15) is 16.1 Å². The molecule has 0 unspecified atom stereocenters. The van der Waals surface area contributed by atoms with Crippen LogP contribution in [-0.2, 0) is 6.42 Å². The van der Waals surface area contributed by atoms with Crippen molar-refractivity contribution in [1.82, 2.24) is 9.78 Å². The molecule has 0 amide bonds. The van der Waals surface area contributed by atoms with E-state index in [1.807, 2.05) is 0 Å². The topological polar surface area (TPSA) is 75.3 Å². The third-order valence-electron chi connectivity index (χ3n) is 2.61. The Morgan fingerprint density at radius 1 is 1.35 bits per heavy atom. The van der Waals surface area contributed by atoms with E-state index < -0.39 is 11.8 Å². The highest BCUT2D eigenvalue weighted by molar-refractivity contribution is 6.35. The van der Waals surface area contributed by atoms with Gasteiger partial charge in [-0.25, -0.2) is 13.9 Å². The normalized spacial score (nSPS) is 10.8. The van der Waals surface area contributed by atoms with Crippen molar-refractivity contribution in [2.75, 3.05) is 6.61 Å². The molecule has 0 radical (unpaired) electrons. The van der Waals surface area contributed by atoms with Gasteiger partial charge in [-0.05, 0) is 18.6 Å². The van der Waals surface area contributed by atoms with Crippen LogP contribution in [0.3, 0.4) is 0 Å². The lowest BCUT2D eigenvalue weighted by molar-refractivity contribution is 0.0688. The van der Waals surface area contributed by atoms with Gasteiger partial charge in [0.2, 0.25) is 0 Å². The molecule has 1 aromatic carbocycles. The largest absolute Gasteiger partial charge is 0.476 e. The molecule has 2 aromatic rings. The standard InChI is InChI=1S/C12H9Cl2FN2O3/c13-8-3-7(4-9(14)10(8)15)17-5-6(1-2-18)11(16-17)12(19)20/h3-5,18H,1-2H2,(H,19,20). The van der Waals surface area contributed by atoms with E-state index in [4.69, 9.17) is 33.4 Å². The first-order chi connectivity index (χ1) is 9.43. The lowest BCUT2D eigenvalue weighted by atomic mass is 10.2. The molecule has 0 fully saturated rings. The van der Waals surface area contributed by atoms with Crippen molar-refractivity contribution < 1.29 is 19.4 Å². The van der Waals surface area contributed by atoms with E-state index in [1.54, 1.807) is 0 Å². The number of hydrogen-bond donors (Lipinski definition) is 2. The zero-order valence-electron chi connectivity index (χ0n) is 9.98. The number of aliphatic hydroxyl groups is 1. The van der Waals surface area contributed by atoms with Crippen molar-refractivity contribution in [2.45, 2.75) is 6.42 Å². The van der Waals surface area contributed by atoms with E-state index in [-0.39, 0.29) is 28.8 Å². The summed E-state index contributed by atoms with van der Waals surface area (Å²) >= 11 is 11.4. The van der Waals surface area contributed by atoms with Crippen molar-refractivity contribution in [3.05, 3.63) is 45.4 Å². The summed E-state index contributed by atoms with van der Waals surface area (Å²) in [6.07, 6.45) is 1.57. The number of carboxylic acids is 1. The summed E-state index contributed by atoms with van der Waals surface area (Å²) in [4.78, 5) is 11.1. The zero-order chi connectivity index (χ0) is 14.9. The maximum absolute atomic E-state index is 13.3. The van der Waals surface area contributed by atoms with Gasteiger partial charge >= 0.3 is 5.97 Å². The molecule has 0 saturated heterocycles. The molecule has 0 aliphatic carbocycles. The molecule has 1 aromatic heterocycles. The molecule has 0 spiro atoms. The van der Waals surface area contributed by atoms with Crippen molar-refractivity contribution >= 4 is 29.2 Å². The zero-order valence-corrected chi connectivity index (χ0v) is 11.5. The Balaban J connectivity index is 2.53. The Morgan fingerprint density at radius 2 is 1.95 bits per heavy atom. The van der Waals surface area contributed by atoms with E-state index >= 15 is 0 Å². The SMILES string of the molecule is O=C(O)c1nn(-c2cc(Cl)c(F)c(Cl)c2)cc1CCO. The number of aromatic carboxylic acids is 1. The van der Waals surface area contributed by atoms with Gasteiger partial charge < -0.3 is 10.2 Å². The Kier molecular flexibility index (Phi) is 4.27. The van der Waals surface area contributed by atoms with Crippen LogP contribution in [0.15, 0.2) is 18.3 Å². The summed E-state index contributed by atoms with van der Waals surface area (Å²) in [6.45, 7) is -0.211. The molecule has 2 N–H and O–H groups in total. The van der Waals surface area contributed by atoms with Gasteiger partial charge in [0.05, 0.1) is 15.7 Å². The molecule has 0 bridgehead atoms. The van der Waals surface area contributed by atoms with Crippen LogP contribution in [0.4, 0.5) is 4.39 Å². The smallest absolute Gasteiger partial charge is 0.356 e. The molecule has 2 rings (SSSR count). The highest BCUT2D eigenvalue weighted by Gasteiger charge is 2.17. The molecule has 5 nitrogen and oxygen atoms in total. The number of aliphatic hydroxyl groups excluding tert-OH is 1. The molecular formula is C12H9Cl2FN2O3. The quantitative estimate of drug-likeness (QED) is 0.849. The number of rotatable bonds is 4. The van der Waals surface area contributed by atoms with Crippen LogP contribution in [0.25, 0.3) is 5.69 Å². The second-order valence-electron chi connectivity index (χ2n) is 3.95. The molecule has 0 saturated carbocycles. The fourth-order valence-corrected chi connectivity index (χ4v) is 2.18. The van der Waals surface area contributed by atoms with Gasteiger partial charge in [0.25, 0.3) is 0 Å². The Labute approximate surface area is 123 Å². The number of carboxylic acid groups (broad SMARTS) is 1. The maximum Gasteiger partial charge on any atom is 0.356 e. The summed E-state index contributed by atoms with van der Waals surface area (Å²) in [5.41, 5.74) is 0.500. The third kappa shape index (κ3) is 2.77. The summed E-state index contributed by atoms with van der Waals surface area (Å²) in [5, 5.41) is 21.4. The fraction of sp³-hybridized carbons (Fsp3) is 0.167. The lowest BCUT2D eigenvalue weighted by Crippen LogP contribution is -2.04. The molecule has 8 heteroatoms. The van der Waals surface area contributed by atoms with Crippen LogP contribution in [0.5, 0.6) is 0 Å². The molecule has 0 atom stereocenters. The third-order valence-corrected chi connectivity index (χ3v) is 3.16. The maximum atomic E-state index is 13.3. The first-order valence-corrected chi connectivity index (χ1v) is 6.27. The van der Waals surface area contributed by atoms with Gasteiger partial charge in [-0.15, -0.1) is 0 Å². The fourth-order valence-electron chi connectivity index (χ4n) is 1.70. The van der Waals surface area contributed by atoms with E-state index in [0.717, 1.165) is 0 Å². The van der Waals surface area contributed by atoms with Gasteiger partial charge in [0.1, 0.15) is 0 Å². The van der Waals surface area contributed by atoms with Crippen molar-refractivity contribution in [2.24, 2.45) is 0 Å². The highest BCUT2D eigenvalue weighted by atomic mass is 35.5. The number of nitrogens with zero attached hydrogens (tertiary/aromatic N) is 2. The summed E-state index contributed by atoms with van der Waals surface area (Å²) < 4.78 is 14.6. The molecule has 1 heterocycles. The predicted molar refractivity (Wildman–Crippen MR) is 71.3 cm³/mol. The first kappa shape index (κ1) is 14.8. The van der Waals surface area contributed by atoms with Crippen LogP contribution in [0.2, 0.25) is 10.0 Å². The minimum absolute atomic E-state index is 0.143. The van der Waals surface area contributed by atoms with Gasteiger partial charge in [-0.1, -0.05) is 23.2 Å². The first-order valence-electron chi connectivity index (χ1n) is 5.51. The minimum atomic E-state index is -1.22. The Hall–Kier alpha value is -1.63. The van der Waals surface area contributed by atoms with Crippen LogP contribution in [0, 0.1) is 5.82 Å². The van der Waals surface area contributed by atoms with Gasteiger partial charge in [-0.3, -0.25) is 0 Å². The van der Waals surface area contributed by atoms with Crippen LogP contribution in [-0.4, -0.2) is 32.6 Å². The van der Waals surface area contributed by atoms with Gasteiger partial charge in [0.15, 0.2) is 11.5 Å². The van der Waals surface area contributed by atoms with Crippen molar-refractivity contribution in [3.8, 4) is 5.69 Å². The highest BCUT2D eigenvalue weighted by Crippen LogP contribution is 2.27. The van der Waals surface area contributed by atoms with E-state index in [2.05, 4.69) is 5.10 Å². The second-order valence-corrected chi connectivity index (χ2v) is 4.76. The number of benzene rings is 1. The molecule has 0 aliphatic heterocycles. The Bertz CT molecular complexity index is 650. The monoisotopic (exact) mass is 318 g/mol.